The summed E-state index contributed by atoms with van der Waals surface area (Å²) in [5.74, 6) is 0. The van der Waals surface area contributed by atoms with Crippen LogP contribution in [0.15, 0.2) is 11.2 Å². The summed E-state index contributed by atoms with van der Waals surface area (Å²) in [5.41, 5.74) is 0. The third kappa shape index (κ3) is 1.33. The molecule has 0 radical (unpaired) electrons. The van der Waals surface area contributed by atoms with E-state index in [0.29, 0.717) is 6.67 Å². The lowest BCUT2D eigenvalue weighted by atomic mass is 11.0. The van der Waals surface area contributed by atoms with Crippen LogP contribution >= 0.6 is 0 Å². The van der Waals surface area contributed by atoms with E-state index in [-0.39, 0.29) is 5.03 Å². The van der Waals surface area contributed by atoms with Crippen LogP contribution in [0.4, 0.5) is 0 Å². The van der Waals surface area contributed by atoms with Crippen LogP contribution < -0.4 is 10.6 Å². The normalized spacial score (nSPS) is 18.1. The Kier molecular flexibility index (Phi) is 1.34. The largest absolute Gasteiger partial charge is 0.372 e. The minimum Gasteiger partial charge on any atom is -0.372 e. The third-order valence-corrected chi connectivity index (χ3v) is 1.69. The van der Waals surface area contributed by atoms with Crippen molar-refractivity contribution in [1.29, 1.82) is 0 Å². The molecule has 0 saturated carbocycles. The van der Waals surface area contributed by atoms with Crippen LogP contribution in [0, 0.1) is 0 Å². The van der Waals surface area contributed by atoms with Gasteiger partial charge >= 0.3 is 10.1 Å². The Hall–Kier alpha value is -0.750. The van der Waals surface area contributed by atoms with E-state index in [1.54, 1.807) is 0 Å². The van der Waals surface area contributed by atoms with Crippen molar-refractivity contribution in [3.05, 3.63) is 11.2 Å². The summed E-state index contributed by atoms with van der Waals surface area (Å²) >= 11 is 0. The highest BCUT2D eigenvalue weighted by Gasteiger charge is 2.15. The Labute approximate surface area is 52.5 Å². The molecule has 0 fully saturated rings. The maximum absolute atomic E-state index is 10.2. The number of hydrogen-bond donors (Lipinski definition) is 3. The van der Waals surface area contributed by atoms with Gasteiger partial charge < -0.3 is 10.6 Å². The van der Waals surface area contributed by atoms with E-state index < -0.39 is 10.1 Å². The van der Waals surface area contributed by atoms with Gasteiger partial charge in [-0.1, -0.05) is 0 Å². The highest BCUT2D eigenvalue weighted by atomic mass is 32.2. The van der Waals surface area contributed by atoms with Crippen LogP contribution in [0.5, 0.6) is 0 Å². The number of rotatable bonds is 1. The van der Waals surface area contributed by atoms with Gasteiger partial charge in [-0.2, -0.15) is 8.42 Å². The Morgan fingerprint density at radius 3 is 2.56 bits per heavy atom. The average molecular weight is 150 g/mol. The molecule has 0 bridgehead atoms. The predicted octanol–water partition coefficient (Wildman–Crippen LogP) is -1.18. The fraction of sp³-hybridized carbons (Fsp3) is 0.333. The van der Waals surface area contributed by atoms with E-state index in [1.165, 1.54) is 6.20 Å². The highest BCUT2D eigenvalue weighted by Crippen LogP contribution is 1.99. The lowest BCUT2D eigenvalue weighted by molar-refractivity contribution is 0.488. The molecular formula is C3H6N2O3S. The summed E-state index contributed by atoms with van der Waals surface area (Å²) in [7, 11) is -4.02. The van der Waals surface area contributed by atoms with E-state index in [1.807, 2.05) is 0 Å². The van der Waals surface area contributed by atoms with Crippen molar-refractivity contribution in [2.75, 3.05) is 6.67 Å². The molecular weight excluding hydrogens is 144 g/mol. The third-order valence-electron chi connectivity index (χ3n) is 0.876. The quantitative estimate of drug-likeness (QED) is 0.410. The summed E-state index contributed by atoms with van der Waals surface area (Å²) in [6, 6.07) is 0. The molecule has 1 aliphatic rings. The Bertz CT molecular complexity index is 229. The molecule has 0 unspecified atom stereocenters. The molecule has 0 atom stereocenters. The molecule has 1 rings (SSSR count). The van der Waals surface area contributed by atoms with E-state index in [9.17, 15) is 8.42 Å². The fourth-order valence-corrected chi connectivity index (χ4v) is 0.985. The molecule has 1 heterocycles. The minimum atomic E-state index is -4.02. The molecule has 0 amide bonds. The molecule has 1 aliphatic heterocycles. The second-order valence-electron chi connectivity index (χ2n) is 1.54. The smallest absolute Gasteiger partial charge is 0.311 e. The minimum absolute atomic E-state index is 0.178. The highest BCUT2D eigenvalue weighted by molar-refractivity contribution is 7.89. The summed E-state index contributed by atoms with van der Waals surface area (Å²) in [6.07, 6.45) is 1.20. The van der Waals surface area contributed by atoms with E-state index in [0.717, 1.165) is 0 Å². The van der Waals surface area contributed by atoms with Gasteiger partial charge in [0.1, 0.15) is 0 Å². The van der Waals surface area contributed by atoms with Crippen molar-refractivity contribution >= 4 is 10.1 Å². The van der Waals surface area contributed by atoms with Crippen LogP contribution in [-0.2, 0) is 10.1 Å². The van der Waals surface area contributed by atoms with Crippen LogP contribution in [0.2, 0.25) is 0 Å². The van der Waals surface area contributed by atoms with Crippen LogP contribution in [0.25, 0.3) is 0 Å². The van der Waals surface area contributed by atoms with Crippen molar-refractivity contribution < 1.29 is 13.0 Å². The van der Waals surface area contributed by atoms with Gasteiger partial charge in [-0.25, -0.2) is 0 Å². The van der Waals surface area contributed by atoms with Gasteiger partial charge in [-0.3, -0.25) is 4.55 Å². The average Bonchev–Trinajstić information content (AvgIpc) is 2.08. The molecule has 0 aromatic heterocycles. The maximum atomic E-state index is 10.2. The van der Waals surface area contributed by atoms with Gasteiger partial charge in [0.05, 0.1) is 6.67 Å². The summed E-state index contributed by atoms with van der Waals surface area (Å²) in [4.78, 5) is 0. The molecule has 0 aromatic rings. The van der Waals surface area contributed by atoms with Gasteiger partial charge in [-0.05, 0) is 0 Å². The van der Waals surface area contributed by atoms with E-state index in [2.05, 4.69) is 10.6 Å². The Morgan fingerprint density at radius 1 is 1.67 bits per heavy atom. The lowest BCUT2D eigenvalue weighted by Gasteiger charge is -1.94. The molecule has 9 heavy (non-hydrogen) atoms. The predicted molar refractivity (Wildman–Crippen MR) is 30.8 cm³/mol. The molecule has 6 heteroatoms. The SMILES string of the molecule is O=S(=O)(O)C1=CNCN1. The van der Waals surface area contributed by atoms with Crippen molar-refractivity contribution in [1.82, 2.24) is 10.6 Å². The second-order valence-corrected chi connectivity index (χ2v) is 2.93. The van der Waals surface area contributed by atoms with Crippen LogP contribution in [-0.4, -0.2) is 19.6 Å². The monoisotopic (exact) mass is 150 g/mol. The zero-order valence-corrected chi connectivity index (χ0v) is 5.27. The standard InChI is InChI=1S/C3H6N2O3S/c6-9(7,8)3-1-4-2-5-3/h1,4-5H,2H2,(H,6,7,8). The molecule has 5 nitrogen and oxygen atoms in total. The van der Waals surface area contributed by atoms with Gasteiger partial charge in [0, 0.05) is 6.20 Å². The van der Waals surface area contributed by atoms with E-state index >= 15 is 0 Å². The molecule has 0 spiro atoms. The van der Waals surface area contributed by atoms with Crippen LogP contribution in [0.3, 0.4) is 0 Å². The topological polar surface area (TPSA) is 78.4 Å². The molecule has 0 aromatic carbocycles. The zero-order valence-electron chi connectivity index (χ0n) is 4.46. The van der Waals surface area contributed by atoms with Crippen molar-refractivity contribution in [3.8, 4) is 0 Å². The van der Waals surface area contributed by atoms with Crippen molar-refractivity contribution in [3.63, 3.8) is 0 Å². The first-order chi connectivity index (χ1) is 4.11. The Morgan fingerprint density at radius 2 is 2.33 bits per heavy atom. The van der Waals surface area contributed by atoms with Crippen molar-refractivity contribution in [2.45, 2.75) is 0 Å². The Balaban J connectivity index is 2.87. The maximum Gasteiger partial charge on any atom is 0.311 e. The van der Waals surface area contributed by atoms with Crippen molar-refractivity contribution in [2.24, 2.45) is 0 Å². The molecule has 0 aliphatic carbocycles. The first kappa shape index (κ1) is 6.37. The molecule has 3 N–H and O–H groups in total. The van der Waals surface area contributed by atoms with Gasteiger partial charge in [0.15, 0.2) is 5.03 Å². The fourth-order valence-electron chi connectivity index (χ4n) is 0.499. The van der Waals surface area contributed by atoms with Gasteiger partial charge in [-0.15, -0.1) is 0 Å². The zero-order chi connectivity index (χ0) is 6.91. The second kappa shape index (κ2) is 1.89. The lowest BCUT2D eigenvalue weighted by Crippen LogP contribution is -2.18. The number of hydrogen-bond acceptors (Lipinski definition) is 4. The number of nitrogens with one attached hydrogen (secondary N) is 2. The summed E-state index contributed by atoms with van der Waals surface area (Å²) in [5, 5.41) is 4.80. The van der Waals surface area contributed by atoms with Gasteiger partial charge in [0.25, 0.3) is 0 Å². The summed E-state index contributed by atoms with van der Waals surface area (Å²) in [6.45, 7) is 0.342. The van der Waals surface area contributed by atoms with E-state index in [4.69, 9.17) is 4.55 Å². The summed E-state index contributed by atoms with van der Waals surface area (Å²) < 4.78 is 28.8. The van der Waals surface area contributed by atoms with Crippen LogP contribution in [0.1, 0.15) is 0 Å². The molecule has 0 saturated heterocycles. The molecule has 52 valence electrons. The first-order valence-corrected chi connectivity index (χ1v) is 3.69. The first-order valence-electron chi connectivity index (χ1n) is 2.25. The van der Waals surface area contributed by atoms with Gasteiger partial charge in [0.2, 0.25) is 0 Å².